The molecule has 1 fully saturated rings. The number of phenolic OH excluding ortho intramolecular Hbond substituents is 1. The topological polar surface area (TPSA) is 91.7 Å². The van der Waals surface area contributed by atoms with Gasteiger partial charge in [-0.3, -0.25) is 14.6 Å². The molecule has 4 aromatic carbocycles. The van der Waals surface area contributed by atoms with E-state index in [1.807, 2.05) is 59.6 Å². The summed E-state index contributed by atoms with van der Waals surface area (Å²) in [5.74, 6) is 1.37. The van der Waals surface area contributed by atoms with E-state index in [9.17, 15) is 14.7 Å². The smallest absolute Gasteiger partial charge is 0.256 e. The molecule has 3 aliphatic heterocycles. The van der Waals surface area contributed by atoms with Gasteiger partial charge in [0.15, 0.2) is 11.5 Å². The van der Waals surface area contributed by atoms with Crippen LogP contribution in [0.3, 0.4) is 0 Å². The highest BCUT2D eigenvalue weighted by Crippen LogP contribution is 2.45. The molecule has 9 heteroatoms. The summed E-state index contributed by atoms with van der Waals surface area (Å²) in [5.41, 5.74) is 4.55. The summed E-state index contributed by atoms with van der Waals surface area (Å²) in [7, 11) is 1.56. The number of ether oxygens (including phenoxy) is 2. The van der Waals surface area contributed by atoms with Crippen LogP contribution in [0.15, 0.2) is 71.7 Å². The van der Waals surface area contributed by atoms with E-state index in [1.54, 1.807) is 30.2 Å². The standard InChI is InChI=1S/C36H34ClN3O5/c1-44-32-15-28-29(38-19-25-9-4-5-12-39(25)36(28)43)16-33(32)45-21-23-8-6-7-22(13-23)14-34(42)40-20-24(18-37)35-27-11-3-2-10-26(27)31(41)17-30(35)40/h2-3,6-8,10-11,13,15-17,19,24-25,41H,4-5,9,12,14,18,20-21H2,1H3/t24?,25-/m0/s1. The van der Waals surface area contributed by atoms with E-state index in [-0.39, 0.29) is 42.6 Å². The van der Waals surface area contributed by atoms with Crippen molar-refractivity contribution in [1.29, 1.82) is 0 Å². The van der Waals surface area contributed by atoms with Crippen LogP contribution in [0.2, 0.25) is 0 Å². The van der Waals surface area contributed by atoms with Crippen molar-refractivity contribution in [2.45, 2.75) is 44.2 Å². The van der Waals surface area contributed by atoms with Gasteiger partial charge in [0.25, 0.3) is 5.91 Å². The number of hydrogen-bond donors (Lipinski definition) is 1. The monoisotopic (exact) mass is 623 g/mol. The quantitative estimate of drug-likeness (QED) is 0.230. The Morgan fingerprint density at radius 2 is 1.84 bits per heavy atom. The molecule has 7 rings (SSSR count). The molecule has 0 saturated carbocycles. The molecular formula is C36H34ClN3O5. The fourth-order valence-corrected chi connectivity index (χ4v) is 7.09. The summed E-state index contributed by atoms with van der Waals surface area (Å²) in [5, 5.41) is 12.4. The third kappa shape index (κ3) is 5.37. The highest BCUT2D eigenvalue weighted by molar-refractivity contribution is 6.19. The molecule has 3 heterocycles. The van der Waals surface area contributed by atoms with Gasteiger partial charge in [0.1, 0.15) is 12.4 Å². The Morgan fingerprint density at radius 1 is 1.02 bits per heavy atom. The number of carbonyl (C=O) groups excluding carboxylic acids is 2. The summed E-state index contributed by atoms with van der Waals surface area (Å²) >= 11 is 6.37. The van der Waals surface area contributed by atoms with Crippen molar-refractivity contribution in [3.63, 3.8) is 0 Å². The Kier molecular flexibility index (Phi) is 7.83. The first kappa shape index (κ1) is 29.2. The molecule has 230 valence electrons. The lowest BCUT2D eigenvalue weighted by molar-refractivity contribution is -0.117. The van der Waals surface area contributed by atoms with E-state index in [2.05, 4.69) is 4.99 Å². The second kappa shape index (κ2) is 12.1. The summed E-state index contributed by atoms with van der Waals surface area (Å²) in [6.07, 6.45) is 5.05. The molecule has 1 unspecified atom stereocenters. The van der Waals surface area contributed by atoms with Gasteiger partial charge in [-0.15, -0.1) is 11.6 Å². The first-order chi connectivity index (χ1) is 21.9. The summed E-state index contributed by atoms with van der Waals surface area (Å²) in [4.78, 5) is 35.3. The average molecular weight is 624 g/mol. The highest BCUT2D eigenvalue weighted by atomic mass is 35.5. The lowest BCUT2D eigenvalue weighted by Crippen LogP contribution is -2.43. The summed E-state index contributed by atoms with van der Waals surface area (Å²) in [6, 6.07) is 20.6. The number of carbonyl (C=O) groups is 2. The van der Waals surface area contributed by atoms with Gasteiger partial charge in [0, 0.05) is 48.6 Å². The second-order valence-corrected chi connectivity index (χ2v) is 12.2. The number of piperidine rings is 1. The highest BCUT2D eigenvalue weighted by Gasteiger charge is 2.34. The van der Waals surface area contributed by atoms with E-state index in [0.29, 0.717) is 40.9 Å². The molecule has 0 aliphatic carbocycles. The van der Waals surface area contributed by atoms with E-state index in [4.69, 9.17) is 21.1 Å². The number of amides is 2. The first-order valence-corrected chi connectivity index (χ1v) is 15.9. The van der Waals surface area contributed by atoms with Crippen molar-refractivity contribution < 1.29 is 24.2 Å². The molecule has 0 spiro atoms. The van der Waals surface area contributed by atoms with Crippen LogP contribution in [0.1, 0.15) is 52.2 Å². The lowest BCUT2D eigenvalue weighted by atomic mass is 9.95. The van der Waals surface area contributed by atoms with Gasteiger partial charge in [0.2, 0.25) is 5.91 Å². The minimum atomic E-state index is -0.0668. The van der Waals surface area contributed by atoms with Crippen LogP contribution < -0.4 is 14.4 Å². The van der Waals surface area contributed by atoms with Crippen LogP contribution in [-0.4, -0.2) is 60.2 Å². The molecular weight excluding hydrogens is 590 g/mol. The van der Waals surface area contributed by atoms with E-state index >= 15 is 0 Å². The van der Waals surface area contributed by atoms with Crippen LogP contribution in [-0.2, 0) is 17.8 Å². The fraction of sp³-hybridized carbons (Fsp3) is 0.306. The molecule has 0 bridgehead atoms. The maximum atomic E-state index is 13.7. The van der Waals surface area contributed by atoms with Crippen LogP contribution in [0.4, 0.5) is 11.4 Å². The molecule has 1 saturated heterocycles. The fourth-order valence-electron chi connectivity index (χ4n) is 6.83. The van der Waals surface area contributed by atoms with E-state index < -0.39 is 0 Å². The maximum Gasteiger partial charge on any atom is 0.256 e. The van der Waals surface area contributed by atoms with Crippen LogP contribution >= 0.6 is 11.6 Å². The van der Waals surface area contributed by atoms with Gasteiger partial charge in [-0.05, 0) is 47.4 Å². The Balaban J connectivity index is 1.09. The molecule has 8 nitrogen and oxygen atoms in total. The molecule has 2 atom stereocenters. The lowest BCUT2D eigenvalue weighted by Gasteiger charge is -2.32. The third-order valence-corrected chi connectivity index (χ3v) is 9.45. The molecule has 0 aromatic heterocycles. The summed E-state index contributed by atoms with van der Waals surface area (Å²) < 4.78 is 11.8. The molecule has 1 N–H and O–H groups in total. The Bertz CT molecular complexity index is 1840. The number of aromatic hydroxyl groups is 1. The van der Waals surface area contributed by atoms with Gasteiger partial charge in [0.05, 0.1) is 36.5 Å². The number of anilines is 1. The molecule has 4 aromatic rings. The third-order valence-electron chi connectivity index (χ3n) is 9.08. The van der Waals surface area contributed by atoms with Crippen LogP contribution in [0.25, 0.3) is 10.8 Å². The largest absolute Gasteiger partial charge is 0.507 e. The zero-order valence-corrected chi connectivity index (χ0v) is 25.8. The van der Waals surface area contributed by atoms with Crippen molar-refractivity contribution in [3.8, 4) is 17.2 Å². The molecule has 45 heavy (non-hydrogen) atoms. The Morgan fingerprint density at radius 3 is 2.67 bits per heavy atom. The van der Waals surface area contributed by atoms with Crippen molar-refractivity contribution in [2.75, 3.05) is 31.0 Å². The molecule has 2 amide bonds. The minimum Gasteiger partial charge on any atom is -0.507 e. The number of methoxy groups -OCH3 is 1. The zero-order valence-electron chi connectivity index (χ0n) is 25.0. The number of halogens is 1. The molecule has 3 aliphatic rings. The van der Waals surface area contributed by atoms with Gasteiger partial charge >= 0.3 is 0 Å². The number of hydrogen-bond acceptors (Lipinski definition) is 6. The number of rotatable bonds is 7. The predicted octanol–water partition coefficient (Wildman–Crippen LogP) is 6.76. The van der Waals surface area contributed by atoms with Gasteiger partial charge in [-0.1, -0.05) is 48.5 Å². The number of aliphatic imine (C=N–C) groups is 1. The van der Waals surface area contributed by atoms with Crippen molar-refractivity contribution in [2.24, 2.45) is 4.99 Å². The van der Waals surface area contributed by atoms with E-state index in [1.165, 1.54) is 0 Å². The zero-order chi connectivity index (χ0) is 31.1. The number of fused-ring (bicyclic) bond motifs is 5. The van der Waals surface area contributed by atoms with Crippen molar-refractivity contribution in [1.82, 2.24) is 4.90 Å². The Labute approximate surface area is 266 Å². The first-order valence-electron chi connectivity index (χ1n) is 15.3. The summed E-state index contributed by atoms with van der Waals surface area (Å²) in [6.45, 7) is 1.44. The predicted molar refractivity (Wildman–Crippen MR) is 176 cm³/mol. The molecule has 0 radical (unpaired) electrons. The number of benzene rings is 4. The van der Waals surface area contributed by atoms with Gasteiger partial charge in [-0.25, -0.2) is 0 Å². The van der Waals surface area contributed by atoms with Crippen LogP contribution in [0.5, 0.6) is 17.2 Å². The Hall–Kier alpha value is -4.56. The van der Waals surface area contributed by atoms with Gasteiger partial charge in [-0.2, -0.15) is 0 Å². The van der Waals surface area contributed by atoms with E-state index in [0.717, 1.165) is 53.3 Å². The van der Waals surface area contributed by atoms with Crippen molar-refractivity contribution in [3.05, 3.63) is 89.0 Å². The number of nitrogens with zero attached hydrogens (tertiary/aromatic N) is 3. The minimum absolute atomic E-state index is 0.0133. The number of phenols is 1. The normalized spacial score (nSPS) is 18.8. The van der Waals surface area contributed by atoms with Crippen LogP contribution in [0, 0.1) is 0 Å². The second-order valence-electron chi connectivity index (χ2n) is 11.9. The van der Waals surface area contributed by atoms with Gasteiger partial charge < -0.3 is 24.4 Å². The number of alkyl halides is 1. The van der Waals surface area contributed by atoms with Crippen molar-refractivity contribution >= 4 is 51.8 Å². The average Bonchev–Trinajstić information content (AvgIpc) is 3.38. The maximum absolute atomic E-state index is 13.7. The SMILES string of the molecule is COc1cc2c(cc1OCc1cccc(CC(=O)N3CC(CCl)c4c3cc(O)c3ccccc43)c1)N=C[C@@H]1CCCCN1C2=O.